The van der Waals surface area contributed by atoms with Gasteiger partial charge in [0.15, 0.2) is 11.5 Å². The molecule has 1 atom stereocenters. The lowest BCUT2D eigenvalue weighted by Gasteiger charge is -2.28. The minimum absolute atomic E-state index is 0.0862. The van der Waals surface area contributed by atoms with E-state index in [2.05, 4.69) is 21.3 Å². The Morgan fingerprint density at radius 2 is 1.88 bits per heavy atom. The van der Waals surface area contributed by atoms with Gasteiger partial charge in [-0.2, -0.15) is 0 Å². The second-order valence-electron chi connectivity index (χ2n) is 7.82. The number of carbonyl (C=O) groups is 1. The smallest absolute Gasteiger partial charge is 0.270 e. The summed E-state index contributed by atoms with van der Waals surface area (Å²) >= 11 is 1.41. The topological polar surface area (TPSA) is 72.9 Å². The molecule has 1 aliphatic rings. The number of nitrogens with one attached hydrogen (secondary N) is 1. The van der Waals surface area contributed by atoms with Crippen LogP contribution in [0.15, 0.2) is 47.8 Å². The fraction of sp³-hybridized carbons (Fsp3) is 0.360. The van der Waals surface area contributed by atoms with E-state index in [0.717, 1.165) is 30.0 Å². The molecular weight excluding hydrogens is 438 g/mol. The van der Waals surface area contributed by atoms with Crippen molar-refractivity contribution in [1.29, 1.82) is 0 Å². The van der Waals surface area contributed by atoms with Gasteiger partial charge in [-0.1, -0.05) is 18.2 Å². The van der Waals surface area contributed by atoms with Crippen LogP contribution in [0.5, 0.6) is 17.2 Å². The molecule has 0 saturated carbocycles. The SMILES string of the molecule is COc1cccc([C@@H](CNC(=O)c2csc(-c3cccc(OC)c3OC)n2)N2CCCC2)c1. The highest BCUT2D eigenvalue weighted by Gasteiger charge is 2.25. The zero-order valence-corrected chi connectivity index (χ0v) is 20.0. The molecular formula is C25H29N3O4S. The maximum absolute atomic E-state index is 13.0. The molecule has 1 aliphatic heterocycles. The van der Waals surface area contributed by atoms with Crippen molar-refractivity contribution >= 4 is 17.2 Å². The lowest BCUT2D eigenvalue weighted by atomic mass is 10.0. The summed E-state index contributed by atoms with van der Waals surface area (Å²) in [6, 6.07) is 13.8. The highest BCUT2D eigenvalue weighted by atomic mass is 32.1. The molecule has 1 saturated heterocycles. The molecule has 8 heteroatoms. The molecule has 1 aromatic heterocycles. The third kappa shape index (κ3) is 5.12. The number of methoxy groups -OCH3 is 3. The van der Waals surface area contributed by atoms with Crippen LogP contribution in [0.25, 0.3) is 10.6 Å². The molecule has 0 unspecified atom stereocenters. The van der Waals surface area contributed by atoms with Gasteiger partial charge in [-0.05, 0) is 55.8 Å². The summed E-state index contributed by atoms with van der Waals surface area (Å²) in [6.07, 6.45) is 2.35. The van der Waals surface area contributed by atoms with Crippen LogP contribution in [0.3, 0.4) is 0 Å². The summed E-state index contributed by atoms with van der Waals surface area (Å²) < 4.78 is 16.3. The Hall–Kier alpha value is -3.10. The molecule has 2 heterocycles. The summed E-state index contributed by atoms with van der Waals surface area (Å²) in [5.74, 6) is 1.86. The normalized spacial score (nSPS) is 14.6. The first-order chi connectivity index (χ1) is 16.1. The van der Waals surface area contributed by atoms with Gasteiger partial charge in [0.1, 0.15) is 16.5 Å². The molecule has 174 valence electrons. The largest absolute Gasteiger partial charge is 0.497 e. The molecule has 0 spiro atoms. The van der Waals surface area contributed by atoms with E-state index in [1.54, 1.807) is 26.7 Å². The Kier molecular flexibility index (Phi) is 7.47. The number of rotatable bonds is 9. The lowest BCUT2D eigenvalue weighted by molar-refractivity contribution is 0.0933. The van der Waals surface area contributed by atoms with E-state index in [9.17, 15) is 4.79 Å². The predicted octanol–water partition coefficient (Wildman–Crippen LogP) is 4.40. The summed E-state index contributed by atoms with van der Waals surface area (Å²) in [5, 5.41) is 5.58. The number of amides is 1. The molecule has 7 nitrogen and oxygen atoms in total. The van der Waals surface area contributed by atoms with Crippen LogP contribution in [0.2, 0.25) is 0 Å². The minimum Gasteiger partial charge on any atom is -0.497 e. The Labute approximate surface area is 198 Å². The van der Waals surface area contributed by atoms with Gasteiger partial charge in [0.2, 0.25) is 0 Å². The van der Waals surface area contributed by atoms with Gasteiger partial charge in [-0.3, -0.25) is 9.69 Å². The molecule has 0 radical (unpaired) electrons. The van der Waals surface area contributed by atoms with Gasteiger partial charge in [-0.25, -0.2) is 4.98 Å². The van der Waals surface area contributed by atoms with Crippen LogP contribution in [0, 0.1) is 0 Å². The number of ether oxygens (including phenoxy) is 3. The molecule has 1 fully saturated rings. The monoisotopic (exact) mass is 467 g/mol. The van der Waals surface area contributed by atoms with E-state index in [-0.39, 0.29) is 11.9 Å². The number of nitrogens with zero attached hydrogens (tertiary/aromatic N) is 2. The molecule has 4 rings (SSSR count). The van der Waals surface area contributed by atoms with E-state index in [4.69, 9.17) is 14.2 Å². The van der Waals surface area contributed by atoms with Gasteiger partial charge in [0.25, 0.3) is 5.91 Å². The Morgan fingerprint density at radius 3 is 2.61 bits per heavy atom. The van der Waals surface area contributed by atoms with Gasteiger partial charge in [0.05, 0.1) is 32.9 Å². The van der Waals surface area contributed by atoms with Crippen molar-refractivity contribution in [3.8, 4) is 27.8 Å². The second-order valence-corrected chi connectivity index (χ2v) is 8.68. The summed E-state index contributed by atoms with van der Waals surface area (Å²) in [5.41, 5.74) is 2.33. The average molecular weight is 468 g/mol. The van der Waals surface area contributed by atoms with Gasteiger partial charge < -0.3 is 19.5 Å². The lowest BCUT2D eigenvalue weighted by Crippen LogP contribution is -2.36. The molecule has 2 aromatic carbocycles. The number of hydrogen-bond donors (Lipinski definition) is 1. The first-order valence-corrected chi connectivity index (χ1v) is 11.9. The van der Waals surface area contributed by atoms with Crippen molar-refractivity contribution in [2.24, 2.45) is 0 Å². The molecule has 1 amide bonds. The third-order valence-electron chi connectivity index (χ3n) is 5.89. The van der Waals surface area contributed by atoms with E-state index in [1.165, 1.54) is 24.2 Å². The molecule has 0 aliphatic carbocycles. The van der Waals surface area contributed by atoms with Crippen LogP contribution >= 0.6 is 11.3 Å². The van der Waals surface area contributed by atoms with Crippen molar-refractivity contribution in [2.75, 3.05) is 41.0 Å². The number of likely N-dealkylation sites (tertiary alicyclic amines) is 1. The van der Waals surface area contributed by atoms with E-state index >= 15 is 0 Å². The van der Waals surface area contributed by atoms with Gasteiger partial charge in [0, 0.05) is 11.9 Å². The van der Waals surface area contributed by atoms with Crippen molar-refractivity contribution in [3.05, 3.63) is 59.1 Å². The fourth-order valence-electron chi connectivity index (χ4n) is 4.20. The van der Waals surface area contributed by atoms with Gasteiger partial charge in [-0.15, -0.1) is 11.3 Å². The van der Waals surface area contributed by atoms with Crippen LogP contribution < -0.4 is 19.5 Å². The number of carbonyl (C=O) groups excluding carboxylic acids is 1. The Morgan fingerprint density at radius 1 is 1.09 bits per heavy atom. The Bertz CT molecular complexity index is 1090. The summed E-state index contributed by atoms with van der Waals surface area (Å²) in [6.45, 7) is 2.55. The summed E-state index contributed by atoms with van der Waals surface area (Å²) in [7, 11) is 4.87. The molecule has 33 heavy (non-hydrogen) atoms. The minimum atomic E-state index is -0.188. The van der Waals surface area contributed by atoms with Crippen LogP contribution in [0.1, 0.15) is 34.9 Å². The van der Waals surface area contributed by atoms with Gasteiger partial charge >= 0.3 is 0 Å². The van der Waals surface area contributed by atoms with Crippen LogP contribution in [-0.4, -0.2) is 56.8 Å². The highest BCUT2D eigenvalue weighted by Crippen LogP contribution is 2.39. The van der Waals surface area contributed by atoms with Crippen LogP contribution in [0.4, 0.5) is 0 Å². The number of para-hydroxylation sites is 1. The van der Waals surface area contributed by atoms with Crippen molar-refractivity contribution < 1.29 is 19.0 Å². The van der Waals surface area contributed by atoms with E-state index in [1.807, 2.05) is 36.4 Å². The standard InChI is InChI=1S/C25H29N3O4S/c1-30-18-9-6-8-17(14-18)21(28-12-4-5-13-28)15-26-24(29)20-16-33-25(27-20)19-10-7-11-22(31-2)23(19)32-3/h6-11,14,16,21H,4-5,12-13,15H2,1-3H3,(H,26,29)/t21-/m1/s1. The number of benzene rings is 2. The third-order valence-corrected chi connectivity index (χ3v) is 6.76. The first kappa shape index (κ1) is 23.1. The summed E-state index contributed by atoms with van der Waals surface area (Å²) in [4.78, 5) is 20.0. The molecule has 0 bridgehead atoms. The number of hydrogen-bond acceptors (Lipinski definition) is 7. The Balaban J connectivity index is 1.50. The number of thiazole rings is 1. The highest BCUT2D eigenvalue weighted by molar-refractivity contribution is 7.13. The van der Waals surface area contributed by atoms with E-state index < -0.39 is 0 Å². The average Bonchev–Trinajstić information content (AvgIpc) is 3.56. The van der Waals surface area contributed by atoms with Crippen molar-refractivity contribution in [3.63, 3.8) is 0 Å². The van der Waals surface area contributed by atoms with Crippen LogP contribution in [-0.2, 0) is 0 Å². The maximum Gasteiger partial charge on any atom is 0.270 e. The van der Waals surface area contributed by atoms with Crippen molar-refractivity contribution in [1.82, 2.24) is 15.2 Å². The number of aromatic nitrogens is 1. The quantitative estimate of drug-likeness (QED) is 0.503. The molecule has 1 N–H and O–H groups in total. The first-order valence-electron chi connectivity index (χ1n) is 11.0. The van der Waals surface area contributed by atoms with E-state index in [0.29, 0.717) is 28.7 Å². The predicted molar refractivity (Wildman–Crippen MR) is 130 cm³/mol. The zero-order chi connectivity index (χ0) is 23.2. The molecule has 3 aromatic rings. The maximum atomic E-state index is 13.0. The van der Waals surface area contributed by atoms with Crippen molar-refractivity contribution in [2.45, 2.75) is 18.9 Å². The zero-order valence-electron chi connectivity index (χ0n) is 19.2. The fourth-order valence-corrected chi connectivity index (χ4v) is 5.02. The second kappa shape index (κ2) is 10.7.